The lowest BCUT2D eigenvalue weighted by atomic mass is 10.1. The van der Waals surface area contributed by atoms with Crippen molar-refractivity contribution in [2.24, 2.45) is 0 Å². The van der Waals surface area contributed by atoms with Crippen LogP contribution in [0.3, 0.4) is 0 Å². The molecule has 4 rings (SSSR count). The molecule has 0 radical (unpaired) electrons. The minimum atomic E-state index is -0.215. The second-order valence-corrected chi connectivity index (χ2v) is 7.34. The van der Waals surface area contributed by atoms with Crippen LogP contribution in [0.25, 0.3) is 0 Å². The molecule has 1 saturated heterocycles. The molecule has 7 heteroatoms. The van der Waals surface area contributed by atoms with Crippen molar-refractivity contribution in [3.8, 4) is 0 Å². The van der Waals surface area contributed by atoms with Crippen molar-refractivity contribution in [2.45, 2.75) is 38.1 Å². The molecule has 2 aliphatic heterocycles. The summed E-state index contributed by atoms with van der Waals surface area (Å²) < 4.78 is 11.5. The average Bonchev–Trinajstić information content (AvgIpc) is 3.08. The lowest BCUT2D eigenvalue weighted by molar-refractivity contribution is -0.126. The molecule has 2 amide bonds. The number of hydrogen-bond acceptors (Lipinski definition) is 5. The third-order valence-electron chi connectivity index (χ3n) is 5.33. The van der Waals surface area contributed by atoms with Crippen molar-refractivity contribution in [3.63, 3.8) is 0 Å². The second-order valence-electron chi connectivity index (χ2n) is 7.34. The van der Waals surface area contributed by atoms with Gasteiger partial charge in [0.25, 0.3) is 5.91 Å². The van der Waals surface area contributed by atoms with Gasteiger partial charge in [0.2, 0.25) is 5.91 Å². The normalized spacial score (nSPS) is 21.1. The maximum atomic E-state index is 12.5. The number of nitrogens with one attached hydrogen (secondary N) is 1. The van der Waals surface area contributed by atoms with Gasteiger partial charge in [-0.2, -0.15) is 0 Å². The molecule has 0 unspecified atom stereocenters. The van der Waals surface area contributed by atoms with Crippen LogP contribution < -0.4 is 5.32 Å². The van der Waals surface area contributed by atoms with E-state index >= 15 is 0 Å². The molecule has 2 aliphatic rings. The van der Waals surface area contributed by atoms with Crippen LogP contribution in [-0.2, 0) is 27.4 Å². The standard InChI is InChI=1S/C22H25N3O4/c26-21(8-11-25-13-16-5-1-2-7-18(16)22(25)27)24-19-9-12-28-15-20(19)29-14-17-6-3-4-10-23-17/h1-7,10,19-20H,8-9,11-15H2,(H,24,26)/t19-,20-/m1/s1. The van der Waals surface area contributed by atoms with Crippen LogP contribution in [0.5, 0.6) is 0 Å². The van der Waals surface area contributed by atoms with E-state index in [-0.39, 0.29) is 30.4 Å². The van der Waals surface area contributed by atoms with Crippen molar-refractivity contribution in [2.75, 3.05) is 19.8 Å². The minimum Gasteiger partial charge on any atom is -0.379 e. The van der Waals surface area contributed by atoms with Crippen molar-refractivity contribution in [1.82, 2.24) is 15.2 Å². The van der Waals surface area contributed by atoms with Crippen LogP contribution in [0, 0.1) is 0 Å². The number of amides is 2. The number of nitrogens with zero attached hydrogens (tertiary/aromatic N) is 2. The smallest absolute Gasteiger partial charge is 0.254 e. The van der Waals surface area contributed by atoms with E-state index in [4.69, 9.17) is 9.47 Å². The number of ether oxygens (including phenoxy) is 2. The fourth-order valence-corrected chi connectivity index (χ4v) is 3.73. The summed E-state index contributed by atoms with van der Waals surface area (Å²) in [7, 11) is 0. The van der Waals surface area contributed by atoms with Crippen LogP contribution in [0.4, 0.5) is 0 Å². The van der Waals surface area contributed by atoms with Gasteiger partial charge in [-0.15, -0.1) is 0 Å². The van der Waals surface area contributed by atoms with Gasteiger partial charge in [0, 0.05) is 37.9 Å². The Morgan fingerprint density at radius 3 is 2.93 bits per heavy atom. The highest BCUT2D eigenvalue weighted by Crippen LogP contribution is 2.22. The van der Waals surface area contributed by atoms with E-state index in [0.29, 0.717) is 39.3 Å². The lowest BCUT2D eigenvalue weighted by Crippen LogP contribution is -2.50. The molecule has 0 bridgehead atoms. The van der Waals surface area contributed by atoms with E-state index in [0.717, 1.165) is 16.8 Å². The number of rotatable bonds is 7. The maximum absolute atomic E-state index is 12.5. The van der Waals surface area contributed by atoms with Crippen LogP contribution in [-0.4, -0.2) is 53.6 Å². The molecule has 1 aromatic heterocycles. The Kier molecular flexibility index (Phi) is 6.17. The number of benzene rings is 1. The van der Waals surface area contributed by atoms with Gasteiger partial charge >= 0.3 is 0 Å². The van der Waals surface area contributed by atoms with Gasteiger partial charge < -0.3 is 19.7 Å². The van der Waals surface area contributed by atoms with E-state index in [9.17, 15) is 9.59 Å². The second kappa shape index (κ2) is 9.15. The third kappa shape index (κ3) is 4.81. The molecule has 1 N–H and O–H groups in total. The fraction of sp³-hybridized carbons (Fsp3) is 0.409. The van der Waals surface area contributed by atoms with Crippen LogP contribution >= 0.6 is 0 Å². The quantitative estimate of drug-likeness (QED) is 0.775. The van der Waals surface area contributed by atoms with Crippen molar-refractivity contribution >= 4 is 11.8 Å². The number of carbonyl (C=O) groups excluding carboxylic acids is 2. The van der Waals surface area contributed by atoms with Crippen LogP contribution in [0.15, 0.2) is 48.7 Å². The summed E-state index contributed by atoms with van der Waals surface area (Å²) in [6.07, 6.45) is 2.48. The van der Waals surface area contributed by atoms with Gasteiger partial charge in [-0.3, -0.25) is 14.6 Å². The molecule has 0 saturated carbocycles. The molecule has 0 aliphatic carbocycles. The Balaban J connectivity index is 1.26. The Morgan fingerprint density at radius 1 is 1.24 bits per heavy atom. The predicted octanol–water partition coefficient (Wildman–Crippen LogP) is 1.92. The highest BCUT2D eigenvalue weighted by Gasteiger charge is 2.30. The number of pyridine rings is 1. The molecular weight excluding hydrogens is 370 g/mol. The lowest BCUT2D eigenvalue weighted by Gasteiger charge is -2.32. The summed E-state index contributed by atoms with van der Waals surface area (Å²) in [6.45, 7) is 2.38. The van der Waals surface area contributed by atoms with Crippen LogP contribution in [0.1, 0.15) is 34.5 Å². The Labute approximate surface area is 170 Å². The van der Waals surface area contributed by atoms with Crippen molar-refractivity contribution < 1.29 is 19.1 Å². The van der Waals surface area contributed by atoms with Gasteiger partial charge in [0.05, 0.1) is 24.9 Å². The van der Waals surface area contributed by atoms with Gasteiger partial charge in [0.1, 0.15) is 6.10 Å². The number of hydrogen-bond donors (Lipinski definition) is 1. The first-order valence-electron chi connectivity index (χ1n) is 9.96. The first kappa shape index (κ1) is 19.5. The van der Waals surface area contributed by atoms with E-state index in [1.807, 2.05) is 42.5 Å². The zero-order valence-electron chi connectivity index (χ0n) is 16.3. The largest absolute Gasteiger partial charge is 0.379 e. The highest BCUT2D eigenvalue weighted by atomic mass is 16.5. The first-order valence-corrected chi connectivity index (χ1v) is 9.96. The molecule has 0 spiro atoms. The van der Waals surface area contributed by atoms with Crippen molar-refractivity contribution in [3.05, 3.63) is 65.5 Å². The average molecular weight is 395 g/mol. The summed E-state index contributed by atoms with van der Waals surface area (Å²) in [6, 6.07) is 13.2. The SMILES string of the molecule is O=C(CCN1Cc2ccccc2C1=O)N[C@@H]1CCOC[C@H]1OCc1ccccn1. The molecule has 7 nitrogen and oxygen atoms in total. The molecule has 1 aromatic carbocycles. The first-order chi connectivity index (χ1) is 14.2. The van der Waals surface area contributed by atoms with Gasteiger partial charge in [-0.25, -0.2) is 0 Å². The molecule has 1 fully saturated rings. The number of fused-ring (bicyclic) bond motifs is 1. The fourth-order valence-electron chi connectivity index (χ4n) is 3.73. The minimum absolute atomic E-state index is 0.00367. The number of aromatic nitrogens is 1. The van der Waals surface area contributed by atoms with Crippen LogP contribution in [0.2, 0.25) is 0 Å². The zero-order chi connectivity index (χ0) is 20.1. The summed E-state index contributed by atoms with van der Waals surface area (Å²) in [4.78, 5) is 30.9. The topological polar surface area (TPSA) is 80.8 Å². The van der Waals surface area contributed by atoms with Gasteiger partial charge in [-0.1, -0.05) is 24.3 Å². The van der Waals surface area contributed by atoms with Gasteiger partial charge in [-0.05, 0) is 30.2 Å². The number of carbonyl (C=O) groups is 2. The Hall–Kier alpha value is -2.77. The molecule has 29 heavy (non-hydrogen) atoms. The maximum Gasteiger partial charge on any atom is 0.254 e. The summed E-state index contributed by atoms with van der Waals surface area (Å²) in [5, 5.41) is 3.06. The Bertz CT molecular complexity index is 858. The molecule has 3 heterocycles. The monoisotopic (exact) mass is 395 g/mol. The van der Waals surface area contributed by atoms with Crippen molar-refractivity contribution in [1.29, 1.82) is 0 Å². The van der Waals surface area contributed by atoms with E-state index < -0.39 is 0 Å². The summed E-state index contributed by atoms with van der Waals surface area (Å²) >= 11 is 0. The van der Waals surface area contributed by atoms with Gasteiger partial charge in [0.15, 0.2) is 0 Å². The summed E-state index contributed by atoms with van der Waals surface area (Å²) in [5.41, 5.74) is 2.60. The molecule has 2 aromatic rings. The van der Waals surface area contributed by atoms with E-state index in [1.165, 1.54) is 0 Å². The third-order valence-corrected chi connectivity index (χ3v) is 5.33. The summed E-state index contributed by atoms with van der Waals surface area (Å²) in [5.74, 6) is -0.0804. The molecule has 152 valence electrons. The highest BCUT2D eigenvalue weighted by molar-refractivity contribution is 5.98. The van der Waals surface area contributed by atoms with E-state index in [2.05, 4.69) is 10.3 Å². The molecular formula is C22H25N3O4. The predicted molar refractivity (Wildman–Crippen MR) is 106 cm³/mol. The zero-order valence-corrected chi connectivity index (χ0v) is 16.3. The molecule has 2 atom stereocenters. The Morgan fingerprint density at radius 2 is 2.10 bits per heavy atom. The van der Waals surface area contributed by atoms with E-state index in [1.54, 1.807) is 11.1 Å².